The first kappa shape index (κ1) is 15.2. The molecule has 108 valence electrons. The highest BCUT2D eigenvalue weighted by molar-refractivity contribution is 6.34. The molecule has 8 heteroatoms. The van der Waals surface area contributed by atoms with Crippen molar-refractivity contribution in [1.29, 1.82) is 0 Å². The van der Waals surface area contributed by atoms with E-state index >= 15 is 0 Å². The lowest BCUT2D eigenvalue weighted by molar-refractivity contribution is 0.0961. The van der Waals surface area contributed by atoms with E-state index in [1.807, 2.05) is 0 Å². The Bertz CT molecular complexity index is 689. The number of hydrogen-bond acceptors (Lipinski definition) is 4. The maximum absolute atomic E-state index is 12.0. The van der Waals surface area contributed by atoms with Gasteiger partial charge in [-0.2, -0.15) is 0 Å². The second kappa shape index (κ2) is 6.51. The normalized spacial score (nSPS) is 10.0. The molecule has 0 aliphatic rings. The number of rotatable bonds is 3. The summed E-state index contributed by atoms with van der Waals surface area (Å²) in [4.78, 5) is 31.2. The zero-order chi connectivity index (χ0) is 15.4. The molecule has 0 spiro atoms. The number of carbonyl (C=O) groups excluding carboxylic acids is 2. The fourth-order valence-electron chi connectivity index (χ4n) is 1.54. The van der Waals surface area contributed by atoms with Gasteiger partial charge in [0.25, 0.3) is 11.8 Å². The second-order valence-electron chi connectivity index (χ2n) is 3.95. The van der Waals surface area contributed by atoms with Crippen LogP contribution in [0.2, 0.25) is 10.2 Å². The van der Waals surface area contributed by atoms with Gasteiger partial charge in [0.1, 0.15) is 10.8 Å². The number of carbonyl (C=O) groups is 2. The molecule has 1 aromatic heterocycles. The van der Waals surface area contributed by atoms with Crippen LogP contribution in [0, 0.1) is 0 Å². The highest BCUT2D eigenvalue weighted by atomic mass is 35.5. The molecule has 0 saturated heterocycles. The monoisotopic (exact) mass is 324 g/mol. The van der Waals surface area contributed by atoms with Crippen LogP contribution in [-0.2, 0) is 0 Å². The third-order valence-corrected chi connectivity index (χ3v) is 3.07. The van der Waals surface area contributed by atoms with E-state index in [9.17, 15) is 9.59 Å². The summed E-state index contributed by atoms with van der Waals surface area (Å²) in [6.07, 6.45) is 2.53. The van der Waals surface area contributed by atoms with E-state index in [0.717, 1.165) is 0 Å². The first-order chi connectivity index (χ1) is 10.0. The Morgan fingerprint density at radius 1 is 1.10 bits per heavy atom. The number of aromatic nitrogens is 2. The van der Waals surface area contributed by atoms with Crippen molar-refractivity contribution in [3.63, 3.8) is 0 Å². The van der Waals surface area contributed by atoms with Gasteiger partial charge in [-0.05, 0) is 18.2 Å². The van der Waals surface area contributed by atoms with Crippen molar-refractivity contribution in [2.45, 2.75) is 0 Å². The van der Waals surface area contributed by atoms with Crippen LogP contribution in [0.5, 0.6) is 0 Å². The highest BCUT2D eigenvalue weighted by Crippen LogP contribution is 2.21. The van der Waals surface area contributed by atoms with Crippen molar-refractivity contribution in [2.75, 3.05) is 12.4 Å². The Balaban J connectivity index is 2.21. The molecule has 0 fully saturated rings. The lowest BCUT2D eigenvalue weighted by atomic mass is 10.2. The van der Waals surface area contributed by atoms with Crippen molar-refractivity contribution in [2.24, 2.45) is 0 Å². The molecular weight excluding hydrogens is 315 g/mol. The van der Waals surface area contributed by atoms with Crippen LogP contribution >= 0.6 is 23.2 Å². The van der Waals surface area contributed by atoms with E-state index in [4.69, 9.17) is 23.2 Å². The lowest BCUT2D eigenvalue weighted by Gasteiger charge is -2.08. The summed E-state index contributed by atoms with van der Waals surface area (Å²) in [6.45, 7) is 0. The van der Waals surface area contributed by atoms with Crippen LogP contribution < -0.4 is 10.6 Å². The number of anilines is 1. The van der Waals surface area contributed by atoms with E-state index in [2.05, 4.69) is 20.6 Å². The number of amides is 2. The first-order valence-electron chi connectivity index (χ1n) is 5.82. The molecule has 2 aromatic rings. The third kappa shape index (κ3) is 3.68. The van der Waals surface area contributed by atoms with Gasteiger partial charge < -0.3 is 10.6 Å². The average molecular weight is 325 g/mol. The number of hydrogen-bond donors (Lipinski definition) is 2. The predicted octanol–water partition coefficient (Wildman–Crippen LogP) is 2.40. The summed E-state index contributed by atoms with van der Waals surface area (Å²) >= 11 is 11.5. The molecule has 0 aliphatic carbocycles. The SMILES string of the molecule is CNC(=O)c1cc(NC(=O)c2cnc(Cl)cn2)ccc1Cl. The Hall–Kier alpha value is -2.18. The van der Waals surface area contributed by atoms with Crippen molar-refractivity contribution in [1.82, 2.24) is 15.3 Å². The summed E-state index contributed by atoms with van der Waals surface area (Å²) in [5, 5.41) is 5.55. The largest absolute Gasteiger partial charge is 0.355 e. The van der Waals surface area contributed by atoms with Crippen LogP contribution in [0.4, 0.5) is 5.69 Å². The molecule has 1 heterocycles. The number of benzene rings is 1. The lowest BCUT2D eigenvalue weighted by Crippen LogP contribution is -2.19. The molecule has 6 nitrogen and oxygen atoms in total. The molecule has 0 bridgehead atoms. The average Bonchev–Trinajstić information content (AvgIpc) is 2.49. The third-order valence-electron chi connectivity index (χ3n) is 2.55. The summed E-state index contributed by atoms with van der Waals surface area (Å²) in [5.74, 6) is -0.813. The van der Waals surface area contributed by atoms with Crippen LogP contribution in [0.25, 0.3) is 0 Å². The Labute approximate surface area is 130 Å². The molecule has 0 radical (unpaired) electrons. The zero-order valence-corrected chi connectivity index (χ0v) is 12.4. The van der Waals surface area contributed by atoms with Gasteiger partial charge in [-0.1, -0.05) is 23.2 Å². The van der Waals surface area contributed by atoms with Crippen LogP contribution in [0.3, 0.4) is 0 Å². The van der Waals surface area contributed by atoms with Crippen molar-refractivity contribution >= 4 is 40.7 Å². The van der Waals surface area contributed by atoms with E-state index in [-0.39, 0.29) is 22.3 Å². The second-order valence-corrected chi connectivity index (χ2v) is 4.75. The zero-order valence-electron chi connectivity index (χ0n) is 10.9. The van der Waals surface area contributed by atoms with Gasteiger partial charge in [-0.25, -0.2) is 9.97 Å². The van der Waals surface area contributed by atoms with Gasteiger partial charge in [0.15, 0.2) is 0 Å². The molecule has 2 amide bonds. The Morgan fingerprint density at radius 2 is 1.86 bits per heavy atom. The Kier molecular flexibility index (Phi) is 4.72. The fourth-order valence-corrected chi connectivity index (χ4v) is 1.84. The maximum atomic E-state index is 12.0. The molecule has 1 aromatic carbocycles. The fraction of sp³-hybridized carbons (Fsp3) is 0.0769. The van der Waals surface area contributed by atoms with Crippen molar-refractivity contribution in [3.8, 4) is 0 Å². The minimum atomic E-state index is -0.468. The van der Waals surface area contributed by atoms with Crippen LogP contribution in [0.1, 0.15) is 20.8 Å². The minimum Gasteiger partial charge on any atom is -0.355 e. The van der Waals surface area contributed by atoms with Crippen LogP contribution in [0.15, 0.2) is 30.6 Å². The van der Waals surface area contributed by atoms with Crippen LogP contribution in [-0.4, -0.2) is 28.8 Å². The minimum absolute atomic E-state index is 0.107. The van der Waals surface area contributed by atoms with E-state index in [0.29, 0.717) is 10.7 Å². The topological polar surface area (TPSA) is 84.0 Å². The smallest absolute Gasteiger partial charge is 0.275 e. The van der Waals surface area contributed by atoms with Gasteiger partial charge >= 0.3 is 0 Å². The molecular formula is C13H10Cl2N4O2. The van der Waals surface area contributed by atoms with Gasteiger partial charge in [-0.3, -0.25) is 9.59 Å². The Morgan fingerprint density at radius 3 is 2.48 bits per heavy atom. The van der Waals surface area contributed by atoms with Gasteiger partial charge in [-0.15, -0.1) is 0 Å². The molecule has 2 N–H and O–H groups in total. The molecule has 2 rings (SSSR count). The van der Waals surface area contributed by atoms with Crippen molar-refractivity contribution < 1.29 is 9.59 Å². The van der Waals surface area contributed by atoms with E-state index in [1.54, 1.807) is 6.07 Å². The highest BCUT2D eigenvalue weighted by Gasteiger charge is 2.12. The maximum Gasteiger partial charge on any atom is 0.275 e. The first-order valence-corrected chi connectivity index (χ1v) is 6.57. The molecule has 0 saturated carbocycles. The standard InChI is InChI=1S/C13H10Cl2N4O2/c1-16-12(20)8-4-7(2-3-9(8)14)19-13(21)10-5-18-11(15)6-17-10/h2-6H,1H3,(H,16,20)(H,19,21). The summed E-state index contributed by atoms with van der Waals surface area (Å²) in [5.41, 5.74) is 0.787. The van der Waals surface area contributed by atoms with Gasteiger partial charge in [0.2, 0.25) is 0 Å². The molecule has 0 aliphatic heterocycles. The number of nitrogens with zero attached hydrogens (tertiary/aromatic N) is 2. The molecule has 0 unspecified atom stereocenters. The number of halogens is 2. The number of nitrogens with one attached hydrogen (secondary N) is 2. The van der Waals surface area contributed by atoms with E-state index < -0.39 is 5.91 Å². The molecule has 0 atom stereocenters. The molecule has 21 heavy (non-hydrogen) atoms. The predicted molar refractivity (Wildman–Crippen MR) is 79.8 cm³/mol. The van der Waals surface area contributed by atoms with E-state index in [1.165, 1.54) is 31.6 Å². The van der Waals surface area contributed by atoms with Gasteiger partial charge in [0.05, 0.1) is 23.0 Å². The summed E-state index contributed by atoms with van der Waals surface area (Å²) < 4.78 is 0. The summed E-state index contributed by atoms with van der Waals surface area (Å²) in [6, 6.07) is 4.58. The van der Waals surface area contributed by atoms with Crippen molar-refractivity contribution in [3.05, 3.63) is 52.0 Å². The quantitative estimate of drug-likeness (QED) is 0.907. The summed E-state index contributed by atoms with van der Waals surface area (Å²) in [7, 11) is 1.49. The van der Waals surface area contributed by atoms with Gasteiger partial charge in [0, 0.05) is 12.7 Å².